The summed E-state index contributed by atoms with van der Waals surface area (Å²) in [6.45, 7) is 0.322. The lowest BCUT2D eigenvalue weighted by atomic mass is 9.98. The van der Waals surface area contributed by atoms with Gasteiger partial charge in [-0.05, 0) is 57.1 Å². The van der Waals surface area contributed by atoms with Gasteiger partial charge in [-0.15, -0.1) is 0 Å². The van der Waals surface area contributed by atoms with Crippen molar-refractivity contribution in [1.82, 2.24) is 5.32 Å². The van der Waals surface area contributed by atoms with Crippen LogP contribution in [0.3, 0.4) is 0 Å². The molecule has 0 saturated heterocycles. The Morgan fingerprint density at radius 1 is 0.739 bits per heavy atom. The number of ether oxygens (including phenoxy) is 3. The third kappa shape index (κ3) is 6.89. The van der Waals surface area contributed by atoms with Crippen molar-refractivity contribution in [2.45, 2.75) is 31.4 Å². The minimum atomic E-state index is -1.19. The molecule has 0 heterocycles. The van der Waals surface area contributed by atoms with E-state index in [-0.39, 0.29) is 25.6 Å². The van der Waals surface area contributed by atoms with E-state index in [9.17, 15) is 14.7 Å². The molecular formula is C39H35NO6. The van der Waals surface area contributed by atoms with Gasteiger partial charge in [0.15, 0.2) is 0 Å². The van der Waals surface area contributed by atoms with Crippen LogP contribution in [0.2, 0.25) is 0 Å². The summed E-state index contributed by atoms with van der Waals surface area (Å²) in [5, 5.41) is 12.5. The number of aliphatic carboxylic acids is 1. The molecule has 0 bridgehead atoms. The van der Waals surface area contributed by atoms with Gasteiger partial charge in [0.1, 0.15) is 30.8 Å². The molecule has 1 unspecified atom stereocenters. The summed E-state index contributed by atoms with van der Waals surface area (Å²) in [5.74, 6) is 0.111. The van der Waals surface area contributed by atoms with Crippen LogP contribution in [0.1, 0.15) is 39.3 Å². The summed E-state index contributed by atoms with van der Waals surface area (Å²) in [6, 6.07) is 38.5. The molecule has 0 radical (unpaired) electrons. The molecule has 1 aliphatic carbocycles. The first kappa shape index (κ1) is 30.5. The van der Waals surface area contributed by atoms with E-state index < -0.39 is 18.1 Å². The quantitative estimate of drug-likeness (QED) is 0.152. The molecule has 0 aliphatic heterocycles. The summed E-state index contributed by atoms with van der Waals surface area (Å²) in [4.78, 5) is 25.1. The molecular weight excluding hydrogens is 578 g/mol. The SMILES string of the molecule is COc1ccc(CC(NC(=O)OCC2c3ccccc3-c3ccccc32)C(=O)O)cc1COc1ccccc1Cc1ccccc1. The predicted octanol–water partition coefficient (Wildman–Crippen LogP) is 7.40. The Balaban J connectivity index is 1.11. The highest BCUT2D eigenvalue weighted by Gasteiger charge is 2.30. The lowest BCUT2D eigenvalue weighted by Gasteiger charge is -2.18. The molecule has 0 aromatic heterocycles. The van der Waals surface area contributed by atoms with Crippen molar-refractivity contribution in [3.8, 4) is 22.6 Å². The molecule has 1 atom stereocenters. The summed E-state index contributed by atoms with van der Waals surface area (Å²) in [7, 11) is 1.58. The normalized spacial score (nSPS) is 12.5. The van der Waals surface area contributed by atoms with Crippen LogP contribution in [0.15, 0.2) is 121 Å². The van der Waals surface area contributed by atoms with E-state index in [1.165, 1.54) is 5.56 Å². The minimum Gasteiger partial charge on any atom is -0.496 e. The average molecular weight is 614 g/mol. The van der Waals surface area contributed by atoms with Crippen molar-refractivity contribution in [2.24, 2.45) is 0 Å². The molecule has 5 aromatic carbocycles. The van der Waals surface area contributed by atoms with Gasteiger partial charge >= 0.3 is 12.1 Å². The van der Waals surface area contributed by atoms with Crippen molar-refractivity contribution < 1.29 is 28.9 Å². The number of nitrogens with one attached hydrogen (secondary N) is 1. The monoisotopic (exact) mass is 613 g/mol. The van der Waals surface area contributed by atoms with Crippen LogP contribution in [0.4, 0.5) is 4.79 Å². The zero-order chi connectivity index (χ0) is 31.9. The van der Waals surface area contributed by atoms with Crippen LogP contribution in [-0.2, 0) is 29.0 Å². The highest BCUT2D eigenvalue weighted by Crippen LogP contribution is 2.44. The second-order valence-corrected chi connectivity index (χ2v) is 11.3. The zero-order valence-corrected chi connectivity index (χ0v) is 25.5. The lowest BCUT2D eigenvalue weighted by Crippen LogP contribution is -2.42. The van der Waals surface area contributed by atoms with E-state index in [0.29, 0.717) is 11.3 Å². The number of carboxylic acids is 1. The van der Waals surface area contributed by atoms with Crippen molar-refractivity contribution in [3.05, 3.63) is 155 Å². The largest absolute Gasteiger partial charge is 0.496 e. The van der Waals surface area contributed by atoms with Gasteiger partial charge < -0.3 is 24.6 Å². The van der Waals surface area contributed by atoms with Crippen LogP contribution in [-0.4, -0.2) is 36.9 Å². The lowest BCUT2D eigenvalue weighted by molar-refractivity contribution is -0.139. The minimum absolute atomic E-state index is 0.0567. The molecule has 2 N–H and O–H groups in total. The van der Waals surface area contributed by atoms with Gasteiger partial charge in [0.2, 0.25) is 0 Å². The Labute approximate surface area is 268 Å². The number of amides is 1. The molecule has 0 spiro atoms. The fraction of sp³-hybridized carbons (Fsp3) is 0.179. The summed E-state index contributed by atoms with van der Waals surface area (Å²) in [6.07, 6.45) is 0.0123. The van der Waals surface area contributed by atoms with Gasteiger partial charge in [-0.2, -0.15) is 0 Å². The zero-order valence-electron chi connectivity index (χ0n) is 25.5. The van der Waals surface area contributed by atoms with Crippen molar-refractivity contribution >= 4 is 12.1 Å². The molecule has 232 valence electrons. The van der Waals surface area contributed by atoms with Gasteiger partial charge in [-0.1, -0.05) is 103 Å². The molecule has 46 heavy (non-hydrogen) atoms. The van der Waals surface area contributed by atoms with E-state index in [0.717, 1.165) is 45.6 Å². The number of hydrogen-bond donors (Lipinski definition) is 2. The Bertz CT molecular complexity index is 1790. The van der Waals surface area contributed by atoms with E-state index >= 15 is 0 Å². The third-order valence-corrected chi connectivity index (χ3v) is 8.31. The van der Waals surface area contributed by atoms with E-state index in [4.69, 9.17) is 14.2 Å². The van der Waals surface area contributed by atoms with Crippen LogP contribution >= 0.6 is 0 Å². The van der Waals surface area contributed by atoms with Gasteiger partial charge in [0, 0.05) is 24.3 Å². The molecule has 7 heteroatoms. The van der Waals surface area contributed by atoms with Gasteiger partial charge in [0.25, 0.3) is 0 Å². The predicted molar refractivity (Wildman–Crippen MR) is 176 cm³/mol. The van der Waals surface area contributed by atoms with Gasteiger partial charge in [0.05, 0.1) is 7.11 Å². The van der Waals surface area contributed by atoms with E-state index in [1.807, 2.05) is 84.9 Å². The number of benzene rings is 5. The van der Waals surface area contributed by atoms with Crippen LogP contribution < -0.4 is 14.8 Å². The number of para-hydroxylation sites is 1. The molecule has 0 fully saturated rings. The van der Waals surface area contributed by atoms with Crippen molar-refractivity contribution in [1.29, 1.82) is 0 Å². The average Bonchev–Trinajstić information content (AvgIpc) is 3.40. The third-order valence-electron chi connectivity index (χ3n) is 8.31. The van der Waals surface area contributed by atoms with Crippen molar-refractivity contribution in [3.63, 3.8) is 0 Å². The maximum Gasteiger partial charge on any atom is 0.407 e. The first-order valence-electron chi connectivity index (χ1n) is 15.2. The highest BCUT2D eigenvalue weighted by molar-refractivity contribution is 5.81. The molecule has 1 amide bonds. The van der Waals surface area contributed by atoms with Crippen LogP contribution in [0.25, 0.3) is 11.1 Å². The fourth-order valence-corrected chi connectivity index (χ4v) is 6.05. The second kappa shape index (κ2) is 14.0. The van der Waals surface area contributed by atoms with Gasteiger partial charge in [-0.3, -0.25) is 0 Å². The highest BCUT2D eigenvalue weighted by atomic mass is 16.5. The summed E-state index contributed by atoms with van der Waals surface area (Å²) < 4.78 is 17.4. The smallest absolute Gasteiger partial charge is 0.407 e. The molecule has 6 rings (SSSR count). The van der Waals surface area contributed by atoms with E-state index in [2.05, 4.69) is 29.6 Å². The van der Waals surface area contributed by atoms with Gasteiger partial charge in [-0.25, -0.2) is 9.59 Å². The maximum atomic E-state index is 12.9. The van der Waals surface area contributed by atoms with Crippen LogP contribution in [0, 0.1) is 0 Å². The standard InChI is InChI=1S/C39H35NO6/c1-44-36-20-19-27(22-29(36)24-45-37-18-10-5-13-28(37)21-26-11-3-2-4-12-26)23-35(38(41)42)40-39(43)46-25-34-32-16-8-6-14-30(32)31-15-7-9-17-33(31)34/h2-20,22,34-35H,21,23-25H2,1H3,(H,40,43)(H,41,42). The number of carboxylic acid groups (broad SMARTS) is 1. The number of carbonyl (C=O) groups excluding carboxylic acids is 1. The molecule has 7 nitrogen and oxygen atoms in total. The first-order valence-corrected chi connectivity index (χ1v) is 15.2. The number of methoxy groups -OCH3 is 1. The maximum absolute atomic E-state index is 12.9. The number of rotatable bonds is 12. The first-order chi connectivity index (χ1) is 22.5. The topological polar surface area (TPSA) is 94.1 Å². The molecule has 0 saturated carbocycles. The number of alkyl carbamates (subject to hydrolysis) is 1. The van der Waals surface area contributed by atoms with E-state index in [1.54, 1.807) is 19.2 Å². The fourth-order valence-electron chi connectivity index (χ4n) is 6.05. The second-order valence-electron chi connectivity index (χ2n) is 11.3. The number of hydrogen-bond acceptors (Lipinski definition) is 5. The Kier molecular flexibility index (Phi) is 9.29. The molecule has 5 aromatic rings. The Hall–Kier alpha value is -5.56. The van der Waals surface area contributed by atoms with Crippen LogP contribution in [0.5, 0.6) is 11.5 Å². The van der Waals surface area contributed by atoms with Crippen molar-refractivity contribution in [2.75, 3.05) is 13.7 Å². The Morgan fingerprint density at radius 3 is 2.09 bits per heavy atom. The Morgan fingerprint density at radius 2 is 1.39 bits per heavy atom. The summed E-state index contributed by atoms with van der Waals surface area (Å²) >= 11 is 0. The number of carbonyl (C=O) groups is 2. The number of fused-ring (bicyclic) bond motifs is 3. The summed E-state index contributed by atoms with van der Waals surface area (Å²) in [5.41, 5.74) is 8.12. The molecule has 1 aliphatic rings.